The summed E-state index contributed by atoms with van der Waals surface area (Å²) in [5.41, 5.74) is 2.40. The minimum Gasteiger partial charge on any atom is -0.460 e. The zero-order chi connectivity index (χ0) is 17.2. The van der Waals surface area contributed by atoms with Gasteiger partial charge in [-0.05, 0) is 18.2 Å². The Balaban J connectivity index is 1.65. The van der Waals surface area contributed by atoms with Crippen LogP contribution in [0.2, 0.25) is 5.02 Å². The number of hydrogen-bond donors (Lipinski definition) is 0. The molecule has 0 unspecified atom stereocenters. The van der Waals surface area contributed by atoms with Crippen molar-refractivity contribution in [1.82, 2.24) is 0 Å². The van der Waals surface area contributed by atoms with Crippen LogP contribution in [0.25, 0.3) is 0 Å². The van der Waals surface area contributed by atoms with E-state index in [-0.39, 0.29) is 12.6 Å². The molecule has 124 valence electrons. The molecular weight excluding hydrogens is 336 g/mol. The minimum atomic E-state index is -0.511. The Bertz CT molecular complexity index is 890. The Labute approximate surface area is 150 Å². The molecule has 4 heteroatoms. The molecule has 25 heavy (non-hydrogen) atoms. The van der Waals surface area contributed by atoms with Gasteiger partial charge in [-0.15, -0.1) is 0 Å². The molecule has 0 atom stereocenters. The summed E-state index contributed by atoms with van der Waals surface area (Å²) < 4.78 is 11.5. The van der Waals surface area contributed by atoms with Gasteiger partial charge in [0.05, 0.1) is 0 Å². The highest BCUT2D eigenvalue weighted by molar-refractivity contribution is 6.31. The Morgan fingerprint density at radius 2 is 1.44 bits per heavy atom. The lowest BCUT2D eigenvalue weighted by atomic mass is 9.88. The summed E-state index contributed by atoms with van der Waals surface area (Å²) in [7, 11) is 0. The summed E-state index contributed by atoms with van der Waals surface area (Å²) >= 11 is 6.14. The SMILES string of the molecule is O=C(OCc1ccccc1Cl)C1c2ccccc2Oc2ccccc21. The molecular formula is C21H15ClO3. The minimum absolute atomic E-state index is 0.139. The summed E-state index contributed by atoms with van der Waals surface area (Å²) in [6, 6.07) is 22.4. The van der Waals surface area contributed by atoms with Crippen LogP contribution in [-0.2, 0) is 16.1 Å². The maximum absolute atomic E-state index is 12.9. The monoisotopic (exact) mass is 350 g/mol. The van der Waals surface area contributed by atoms with Crippen LogP contribution in [0.5, 0.6) is 11.5 Å². The molecule has 0 spiro atoms. The molecule has 3 aromatic rings. The van der Waals surface area contributed by atoms with Crippen molar-refractivity contribution in [2.75, 3.05) is 0 Å². The molecule has 0 saturated carbocycles. The molecule has 1 heterocycles. The number of benzene rings is 3. The number of fused-ring (bicyclic) bond motifs is 2. The lowest BCUT2D eigenvalue weighted by molar-refractivity contribution is -0.145. The van der Waals surface area contributed by atoms with E-state index in [4.69, 9.17) is 21.1 Å². The van der Waals surface area contributed by atoms with E-state index in [2.05, 4.69) is 0 Å². The third-order valence-electron chi connectivity index (χ3n) is 4.24. The number of carbonyl (C=O) groups excluding carboxylic acids is 1. The second-order valence-corrected chi connectivity index (χ2v) is 6.22. The average molecular weight is 351 g/mol. The zero-order valence-electron chi connectivity index (χ0n) is 13.3. The summed E-state index contributed by atoms with van der Waals surface area (Å²) in [6.07, 6.45) is 0. The molecule has 3 aromatic carbocycles. The standard InChI is InChI=1S/C21H15ClO3/c22-17-10-4-1-7-14(17)13-24-21(23)20-15-8-2-5-11-18(15)25-19-12-6-3-9-16(19)20/h1-12,20H,13H2. The van der Waals surface area contributed by atoms with Crippen LogP contribution in [0, 0.1) is 0 Å². The van der Waals surface area contributed by atoms with Crippen molar-refractivity contribution >= 4 is 17.6 Å². The Morgan fingerprint density at radius 1 is 0.880 bits per heavy atom. The van der Waals surface area contributed by atoms with Crippen LogP contribution in [0.4, 0.5) is 0 Å². The molecule has 0 saturated heterocycles. The average Bonchev–Trinajstić information content (AvgIpc) is 2.65. The van der Waals surface area contributed by atoms with Gasteiger partial charge in [0.15, 0.2) is 0 Å². The van der Waals surface area contributed by atoms with Crippen LogP contribution in [0.3, 0.4) is 0 Å². The topological polar surface area (TPSA) is 35.5 Å². The highest BCUT2D eigenvalue weighted by Crippen LogP contribution is 2.44. The van der Waals surface area contributed by atoms with Crippen LogP contribution in [0.15, 0.2) is 72.8 Å². The van der Waals surface area contributed by atoms with E-state index in [0.29, 0.717) is 16.5 Å². The quantitative estimate of drug-likeness (QED) is 0.599. The van der Waals surface area contributed by atoms with Gasteiger partial charge in [0, 0.05) is 21.7 Å². The molecule has 0 fully saturated rings. The largest absolute Gasteiger partial charge is 0.460 e. The van der Waals surface area contributed by atoms with E-state index in [1.165, 1.54) is 0 Å². The van der Waals surface area contributed by atoms with Gasteiger partial charge >= 0.3 is 5.97 Å². The number of ether oxygens (including phenoxy) is 2. The maximum Gasteiger partial charge on any atom is 0.318 e. The fourth-order valence-corrected chi connectivity index (χ4v) is 3.20. The van der Waals surface area contributed by atoms with Crippen molar-refractivity contribution < 1.29 is 14.3 Å². The predicted molar refractivity (Wildman–Crippen MR) is 96.0 cm³/mol. The van der Waals surface area contributed by atoms with Crippen molar-refractivity contribution in [3.05, 3.63) is 94.5 Å². The van der Waals surface area contributed by atoms with E-state index in [1.807, 2.05) is 66.7 Å². The van der Waals surface area contributed by atoms with Gasteiger partial charge in [-0.25, -0.2) is 0 Å². The molecule has 1 aliphatic heterocycles. The summed E-state index contributed by atoms with van der Waals surface area (Å²) in [6.45, 7) is 0.139. The normalized spacial score (nSPS) is 12.7. The number of para-hydroxylation sites is 2. The second-order valence-electron chi connectivity index (χ2n) is 5.81. The number of carbonyl (C=O) groups is 1. The van der Waals surface area contributed by atoms with Gasteiger partial charge in [-0.3, -0.25) is 4.79 Å². The van der Waals surface area contributed by atoms with E-state index in [0.717, 1.165) is 16.7 Å². The molecule has 0 radical (unpaired) electrons. The van der Waals surface area contributed by atoms with E-state index in [1.54, 1.807) is 6.07 Å². The van der Waals surface area contributed by atoms with E-state index < -0.39 is 5.92 Å². The fourth-order valence-electron chi connectivity index (χ4n) is 3.01. The van der Waals surface area contributed by atoms with Crippen molar-refractivity contribution in [2.24, 2.45) is 0 Å². The highest BCUT2D eigenvalue weighted by Gasteiger charge is 2.33. The molecule has 0 amide bonds. The van der Waals surface area contributed by atoms with Gasteiger partial charge in [-0.1, -0.05) is 66.2 Å². The van der Waals surface area contributed by atoms with Crippen LogP contribution in [-0.4, -0.2) is 5.97 Å². The maximum atomic E-state index is 12.9. The summed E-state index contributed by atoms with van der Waals surface area (Å²) in [5, 5.41) is 0.586. The Morgan fingerprint density at radius 3 is 2.08 bits per heavy atom. The highest BCUT2D eigenvalue weighted by atomic mass is 35.5. The third kappa shape index (κ3) is 2.99. The molecule has 0 aromatic heterocycles. The number of halogens is 1. The van der Waals surface area contributed by atoms with Crippen molar-refractivity contribution in [3.8, 4) is 11.5 Å². The third-order valence-corrected chi connectivity index (χ3v) is 4.61. The van der Waals surface area contributed by atoms with E-state index in [9.17, 15) is 4.79 Å². The molecule has 0 N–H and O–H groups in total. The van der Waals surface area contributed by atoms with Crippen LogP contribution in [0.1, 0.15) is 22.6 Å². The summed E-state index contributed by atoms with van der Waals surface area (Å²) in [4.78, 5) is 12.9. The Hall–Kier alpha value is -2.78. The van der Waals surface area contributed by atoms with Gasteiger partial charge in [-0.2, -0.15) is 0 Å². The lowest BCUT2D eigenvalue weighted by Crippen LogP contribution is -2.21. The van der Waals surface area contributed by atoms with Gasteiger partial charge in [0.1, 0.15) is 24.0 Å². The predicted octanol–water partition coefficient (Wildman–Crippen LogP) is 5.32. The first-order chi connectivity index (χ1) is 12.2. The Kier molecular flexibility index (Phi) is 4.16. The second kappa shape index (κ2) is 6.61. The first-order valence-electron chi connectivity index (χ1n) is 8.00. The zero-order valence-corrected chi connectivity index (χ0v) is 14.1. The van der Waals surface area contributed by atoms with Crippen molar-refractivity contribution in [1.29, 1.82) is 0 Å². The number of rotatable bonds is 3. The molecule has 0 aliphatic carbocycles. The van der Waals surface area contributed by atoms with Gasteiger partial charge in [0.2, 0.25) is 0 Å². The van der Waals surface area contributed by atoms with Crippen LogP contribution < -0.4 is 4.74 Å². The fraction of sp³-hybridized carbons (Fsp3) is 0.0952. The van der Waals surface area contributed by atoms with Gasteiger partial charge < -0.3 is 9.47 Å². The number of hydrogen-bond acceptors (Lipinski definition) is 3. The van der Waals surface area contributed by atoms with E-state index >= 15 is 0 Å². The van der Waals surface area contributed by atoms with Crippen LogP contribution >= 0.6 is 11.6 Å². The molecule has 0 bridgehead atoms. The first-order valence-corrected chi connectivity index (χ1v) is 8.37. The number of esters is 1. The van der Waals surface area contributed by atoms with Crippen molar-refractivity contribution in [2.45, 2.75) is 12.5 Å². The lowest BCUT2D eigenvalue weighted by Gasteiger charge is -2.26. The van der Waals surface area contributed by atoms with Crippen molar-refractivity contribution in [3.63, 3.8) is 0 Å². The smallest absolute Gasteiger partial charge is 0.318 e. The molecule has 3 nitrogen and oxygen atoms in total. The van der Waals surface area contributed by atoms with Gasteiger partial charge in [0.25, 0.3) is 0 Å². The first kappa shape index (κ1) is 15.7. The summed E-state index contributed by atoms with van der Waals surface area (Å²) in [5.74, 6) is 0.536. The molecule has 1 aliphatic rings. The molecule has 4 rings (SSSR count).